The number of imide groups is 1. The van der Waals surface area contributed by atoms with Crippen molar-refractivity contribution in [3.05, 3.63) is 17.3 Å². The molecule has 2 fully saturated rings. The molecule has 4 rings (SSSR count). The topological polar surface area (TPSA) is 127 Å². The monoisotopic (exact) mass is 394 g/mol. The first kappa shape index (κ1) is 17.5. The molecule has 1 N–H and O–H groups in total. The summed E-state index contributed by atoms with van der Waals surface area (Å²) in [5, 5.41) is 5.92. The minimum atomic E-state index is -3.74. The molecule has 0 saturated carbocycles. The highest BCUT2D eigenvalue weighted by Crippen LogP contribution is 2.25. The minimum absolute atomic E-state index is 0.0719. The second-order valence-electron chi connectivity index (χ2n) is 6.47. The van der Waals surface area contributed by atoms with Gasteiger partial charge in [0.25, 0.3) is 11.1 Å². The highest BCUT2D eigenvalue weighted by atomic mass is 32.2. The van der Waals surface area contributed by atoms with E-state index in [-0.39, 0.29) is 30.1 Å². The summed E-state index contributed by atoms with van der Waals surface area (Å²) in [7, 11) is -3.74. The summed E-state index contributed by atoms with van der Waals surface area (Å²) in [6.07, 6.45) is 2.99. The van der Waals surface area contributed by atoms with E-state index in [0.717, 1.165) is 6.26 Å². The zero-order valence-corrected chi connectivity index (χ0v) is 15.0. The van der Waals surface area contributed by atoms with Gasteiger partial charge in [-0.2, -0.15) is 19.6 Å². The number of nitrogens with zero attached hydrogens (tertiary/aromatic N) is 5. The van der Waals surface area contributed by atoms with Crippen LogP contribution in [0.1, 0.15) is 18.4 Å². The number of carbonyl (C=O) groups excluding carboxylic acids is 2. The lowest BCUT2D eigenvalue weighted by molar-refractivity contribution is -0.124. The van der Waals surface area contributed by atoms with Gasteiger partial charge in [0, 0.05) is 23.9 Å². The van der Waals surface area contributed by atoms with E-state index in [1.54, 1.807) is 4.90 Å². The molecule has 0 aliphatic carbocycles. The Kier molecular flexibility index (Phi) is 3.94. The average Bonchev–Trinajstić information content (AvgIpc) is 3.26. The number of sulfone groups is 1. The van der Waals surface area contributed by atoms with Gasteiger partial charge in [0.2, 0.25) is 21.7 Å². The van der Waals surface area contributed by atoms with E-state index >= 15 is 0 Å². The van der Waals surface area contributed by atoms with Crippen molar-refractivity contribution >= 4 is 39.3 Å². The Morgan fingerprint density at radius 3 is 2.70 bits per heavy atom. The Balaban J connectivity index is 1.89. The molecule has 2 saturated heterocycles. The Labute approximate surface area is 153 Å². The summed E-state index contributed by atoms with van der Waals surface area (Å²) in [6.45, 7) is 0.437. The third kappa shape index (κ3) is 3.16. The molecule has 2 aliphatic rings. The van der Waals surface area contributed by atoms with Crippen molar-refractivity contribution in [2.24, 2.45) is 0 Å². The van der Waals surface area contributed by atoms with Crippen LogP contribution in [-0.4, -0.2) is 65.3 Å². The first-order valence-corrected chi connectivity index (χ1v) is 10.0. The molecule has 0 radical (unpaired) electrons. The molecule has 0 spiro atoms. The number of carbonyl (C=O) groups is 2. The van der Waals surface area contributed by atoms with Crippen LogP contribution >= 0.6 is 0 Å². The summed E-state index contributed by atoms with van der Waals surface area (Å²) >= 11 is 0. The number of nitrogens with one attached hydrogen (secondary N) is 1. The van der Waals surface area contributed by atoms with Crippen LogP contribution in [0.3, 0.4) is 0 Å². The molecule has 10 nitrogen and oxygen atoms in total. The van der Waals surface area contributed by atoms with E-state index in [1.165, 1.54) is 16.8 Å². The Bertz CT molecular complexity index is 1110. The second kappa shape index (κ2) is 6.08. The number of amides is 2. The number of fused-ring (bicyclic) bond motifs is 1. The van der Waals surface area contributed by atoms with Gasteiger partial charge in [-0.1, -0.05) is 0 Å². The molecule has 4 heterocycles. The van der Waals surface area contributed by atoms with Gasteiger partial charge in [-0.25, -0.2) is 12.8 Å². The van der Waals surface area contributed by atoms with Crippen molar-refractivity contribution in [1.82, 2.24) is 24.9 Å². The van der Waals surface area contributed by atoms with Gasteiger partial charge in [-0.3, -0.25) is 14.9 Å². The number of rotatable bonds is 3. The summed E-state index contributed by atoms with van der Waals surface area (Å²) in [5.41, 5.74) is 0.739. The number of alkyl halides is 1. The highest BCUT2D eigenvalue weighted by molar-refractivity contribution is 7.90. The molecule has 12 heteroatoms. The first-order chi connectivity index (χ1) is 12.7. The van der Waals surface area contributed by atoms with Crippen molar-refractivity contribution < 1.29 is 22.4 Å². The molecule has 2 amide bonds. The number of hydrogen-bond acceptors (Lipinski definition) is 8. The fourth-order valence-corrected chi connectivity index (χ4v) is 3.54. The molecule has 0 aromatic carbocycles. The predicted molar refractivity (Wildman–Crippen MR) is 91.4 cm³/mol. The zero-order valence-electron chi connectivity index (χ0n) is 14.2. The molecule has 0 unspecified atom stereocenters. The lowest BCUT2D eigenvalue weighted by Gasteiger charge is -2.17. The first-order valence-electron chi connectivity index (χ1n) is 8.12. The van der Waals surface area contributed by atoms with Crippen molar-refractivity contribution in [3.63, 3.8) is 0 Å². The molecule has 0 bridgehead atoms. The predicted octanol–water partition coefficient (Wildman–Crippen LogP) is -0.494. The molecule has 2 aromatic rings. The standard InChI is InChI=1S/C15H15FN6O4S/c1-27(25,26)14-19-12-9(4-8-5-11(23)18-13(8)24)6-17-22(12)15(20-14)21-3-2-10(16)7-21/h4,6,10H,2-3,5,7H2,1H3,(H,18,23,24)/t10-/m0/s1. The second-order valence-corrected chi connectivity index (χ2v) is 8.38. The zero-order chi connectivity index (χ0) is 19.3. The molecule has 2 aliphatic heterocycles. The third-order valence-corrected chi connectivity index (χ3v) is 5.17. The minimum Gasteiger partial charge on any atom is -0.338 e. The maximum atomic E-state index is 13.6. The third-order valence-electron chi connectivity index (χ3n) is 4.33. The van der Waals surface area contributed by atoms with Gasteiger partial charge in [0.1, 0.15) is 6.17 Å². The van der Waals surface area contributed by atoms with Gasteiger partial charge >= 0.3 is 0 Å². The lowest BCUT2D eigenvalue weighted by Crippen LogP contribution is -2.25. The molecule has 1 atom stereocenters. The molecule has 142 valence electrons. The number of anilines is 1. The Morgan fingerprint density at radius 2 is 2.11 bits per heavy atom. The molecule has 2 aromatic heterocycles. The fourth-order valence-electron chi connectivity index (χ4n) is 3.04. The SMILES string of the molecule is CS(=O)(=O)c1nc(N2CC[C@H](F)C2)n2ncc(C=C3CC(=O)NC3=O)c2n1. The van der Waals surface area contributed by atoms with E-state index in [2.05, 4.69) is 20.4 Å². The number of hydrogen-bond donors (Lipinski definition) is 1. The van der Waals surface area contributed by atoms with Crippen molar-refractivity contribution in [3.8, 4) is 0 Å². The van der Waals surface area contributed by atoms with Crippen LogP contribution in [0.2, 0.25) is 0 Å². The summed E-state index contributed by atoms with van der Waals surface area (Å²) in [5.74, 6) is -0.769. The van der Waals surface area contributed by atoms with Gasteiger partial charge in [0.15, 0.2) is 5.65 Å². The van der Waals surface area contributed by atoms with Crippen molar-refractivity contribution in [1.29, 1.82) is 0 Å². The van der Waals surface area contributed by atoms with E-state index in [9.17, 15) is 22.4 Å². The molecular weight excluding hydrogens is 379 g/mol. The van der Waals surface area contributed by atoms with Crippen molar-refractivity contribution in [2.45, 2.75) is 24.2 Å². The van der Waals surface area contributed by atoms with E-state index in [1.807, 2.05) is 0 Å². The molecule has 27 heavy (non-hydrogen) atoms. The van der Waals surface area contributed by atoms with Gasteiger partial charge in [-0.05, 0) is 12.5 Å². The average molecular weight is 394 g/mol. The smallest absolute Gasteiger partial charge is 0.254 e. The van der Waals surface area contributed by atoms with Gasteiger partial charge in [0.05, 0.1) is 19.2 Å². The lowest BCUT2D eigenvalue weighted by atomic mass is 10.1. The van der Waals surface area contributed by atoms with Crippen LogP contribution in [0.25, 0.3) is 11.7 Å². The van der Waals surface area contributed by atoms with Crippen LogP contribution in [0, 0.1) is 0 Å². The summed E-state index contributed by atoms with van der Waals surface area (Å²) < 4.78 is 39.0. The van der Waals surface area contributed by atoms with Gasteiger partial charge in [-0.15, -0.1) is 0 Å². The van der Waals surface area contributed by atoms with Crippen LogP contribution in [0.4, 0.5) is 10.3 Å². The van der Waals surface area contributed by atoms with Crippen LogP contribution in [0.5, 0.6) is 0 Å². The van der Waals surface area contributed by atoms with Crippen LogP contribution in [0.15, 0.2) is 16.9 Å². The van der Waals surface area contributed by atoms with Crippen LogP contribution < -0.4 is 10.2 Å². The van der Waals surface area contributed by atoms with Crippen LogP contribution in [-0.2, 0) is 19.4 Å². The van der Waals surface area contributed by atoms with E-state index in [0.29, 0.717) is 18.5 Å². The largest absolute Gasteiger partial charge is 0.338 e. The quantitative estimate of drug-likeness (QED) is 0.546. The molecular formula is C15H15FN6O4S. The van der Waals surface area contributed by atoms with E-state index < -0.39 is 33.0 Å². The van der Waals surface area contributed by atoms with Gasteiger partial charge < -0.3 is 4.90 Å². The van der Waals surface area contributed by atoms with Crippen molar-refractivity contribution in [2.75, 3.05) is 24.2 Å². The summed E-state index contributed by atoms with van der Waals surface area (Å²) in [4.78, 5) is 32.9. The maximum Gasteiger partial charge on any atom is 0.254 e. The maximum absolute atomic E-state index is 13.6. The summed E-state index contributed by atoms with van der Waals surface area (Å²) in [6, 6.07) is 0. The number of aromatic nitrogens is 4. The Hall–Kier alpha value is -2.89. The highest BCUT2D eigenvalue weighted by Gasteiger charge is 2.29. The fraction of sp³-hybridized carbons (Fsp3) is 0.400. The Morgan fingerprint density at radius 1 is 1.33 bits per heavy atom. The normalized spacial score (nSPS) is 22.2. The van der Waals surface area contributed by atoms with E-state index in [4.69, 9.17) is 0 Å². The number of halogens is 1.